The van der Waals surface area contributed by atoms with Gasteiger partial charge in [0.2, 0.25) is 0 Å². The average Bonchev–Trinajstić information content (AvgIpc) is 2.71. The van der Waals surface area contributed by atoms with E-state index in [1.807, 2.05) is 45.0 Å². The van der Waals surface area contributed by atoms with Crippen LogP contribution in [-0.2, 0) is 9.53 Å². The highest BCUT2D eigenvalue weighted by Gasteiger charge is 2.26. The minimum atomic E-state index is -1.04. The minimum Gasteiger partial charge on any atom is -0.494 e. The molecular formula is C22H32N4O5. The van der Waals surface area contributed by atoms with Gasteiger partial charge >= 0.3 is 12.1 Å². The first-order chi connectivity index (χ1) is 14.7. The molecule has 9 nitrogen and oxygen atoms in total. The Morgan fingerprint density at radius 3 is 2.45 bits per heavy atom. The Balaban J connectivity index is 1.70. The number of ether oxygens (including phenoxy) is 2. The van der Waals surface area contributed by atoms with Gasteiger partial charge in [0.25, 0.3) is 0 Å². The molecule has 1 aromatic carbocycles. The van der Waals surface area contributed by atoms with Crippen LogP contribution in [0.5, 0.6) is 5.75 Å². The molecule has 1 fully saturated rings. The number of piperidine rings is 1. The Labute approximate surface area is 182 Å². The first kappa shape index (κ1) is 24.2. The van der Waals surface area contributed by atoms with Crippen LogP contribution in [0, 0.1) is 11.4 Å². The fourth-order valence-electron chi connectivity index (χ4n) is 3.17. The molecule has 0 spiro atoms. The Bertz CT molecular complexity index is 778. The molecule has 0 aliphatic carbocycles. The summed E-state index contributed by atoms with van der Waals surface area (Å²) in [6.07, 6.45) is 3.66. The van der Waals surface area contributed by atoms with Crippen LogP contribution in [0.2, 0.25) is 0 Å². The fourth-order valence-corrected chi connectivity index (χ4v) is 3.17. The van der Waals surface area contributed by atoms with Crippen LogP contribution < -0.4 is 10.1 Å². The Morgan fingerprint density at radius 2 is 1.90 bits per heavy atom. The number of likely N-dealkylation sites (tertiary alicyclic amines) is 1. The van der Waals surface area contributed by atoms with Gasteiger partial charge in [-0.05, 0) is 70.2 Å². The van der Waals surface area contributed by atoms with Crippen LogP contribution in [0.1, 0.15) is 46.5 Å². The molecule has 170 valence electrons. The third-order valence-corrected chi connectivity index (χ3v) is 4.80. The van der Waals surface area contributed by atoms with Crippen molar-refractivity contribution in [3.05, 3.63) is 36.2 Å². The summed E-state index contributed by atoms with van der Waals surface area (Å²) in [5, 5.41) is 14.9. The molecule has 1 aromatic rings. The van der Waals surface area contributed by atoms with Crippen molar-refractivity contribution < 1.29 is 24.2 Å². The van der Waals surface area contributed by atoms with E-state index in [2.05, 4.69) is 10.4 Å². The van der Waals surface area contributed by atoms with E-state index in [1.165, 1.54) is 6.20 Å². The van der Waals surface area contributed by atoms with Crippen LogP contribution in [-0.4, -0.2) is 47.4 Å². The third-order valence-electron chi connectivity index (χ3n) is 4.80. The summed E-state index contributed by atoms with van der Waals surface area (Å²) in [5.41, 5.74) is 7.39. The first-order valence-corrected chi connectivity index (χ1v) is 10.4. The highest BCUT2D eigenvalue weighted by molar-refractivity contribution is 5.70. The molecular weight excluding hydrogens is 400 g/mol. The number of carbonyl (C=O) groups is 2. The van der Waals surface area contributed by atoms with Crippen molar-refractivity contribution in [1.82, 2.24) is 4.90 Å². The molecule has 2 rings (SSSR count). The van der Waals surface area contributed by atoms with Gasteiger partial charge in [0.15, 0.2) is 0 Å². The molecule has 1 heterocycles. The number of rotatable bonds is 9. The number of nitrogens with one attached hydrogen (secondary N) is 2. The van der Waals surface area contributed by atoms with Crippen LogP contribution in [0.25, 0.3) is 0 Å². The molecule has 0 saturated carbocycles. The number of carbonyl (C=O) groups excluding carboxylic acids is 1. The molecule has 0 radical (unpaired) electrons. The van der Waals surface area contributed by atoms with Gasteiger partial charge in [-0.1, -0.05) is 0 Å². The summed E-state index contributed by atoms with van der Waals surface area (Å²) in [7, 11) is 0. The Kier molecular flexibility index (Phi) is 8.84. The van der Waals surface area contributed by atoms with Crippen LogP contribution in [0.3, 0.4) is 0 Å². The lowest BCUT2D eigenvalue weighted by atomic mass is 9.94. The van der Waals surface area contributed by atoms with Crippen molar-refractivity contribution >= 4 is 17.7 Å². The number of carboxylic acid groups (broad SMARTS) is 1. The zero-order chi connectivity index (χ0) is 22.9. The van der Waals surface area contributed by atoms with Crippen molar-refractivity contribution in [3.63, 3.8) is 0 Å². The molecule has 0 bridgehead atoms. The topological polar surface area (TPSA) is 124 Å². The number of benzene rings is 1. The highest BCUT2D eigenvalue weighted by atomic mass is 16.6. The maximum Gasteiger partial charge on any atom is 0.410 e. The number of amides is 1. The SMILES string of the molecule is CC(C)(C)OC(=O)N1CCC(CCOc2ccc(N/C=C(/CC(=O)O)N=N)cc2)CC1. The Morgan fingerprint density at radius 1 is 1.26 bits per heavy atom. The molecule has 3 N–H and O–H groups in total. The van der Waals surface area contributed by atoms with Crippen LogP contribution in [0.4, 0.5) is 10.5 Å². The van der Waals surface area contributed by atoms with E-state index in [-0.39, 0.29) is 18.2 Å². The summed E-state index contributed by atoms with van der Waals surface area (Å²) < 4.78 is 11.3. The lowest BCUT2D eigenvalue weighted by molar-refractivity contribution is -0.136. The van der Waals surface area contributed by atoms with Crippen molar-refractivity contribution in [1.29, 1.82) is 5.53 Å². The standard InChI is InChI=1S/C22H32N4O5/c1-22(2,3)31-21(29)26-11-8-16(9-12-26)10-13-30-19-6-4-17(5-7-19)24-15-18(25-23)14-20(27)28/h4-7,15-16,23-24H,8-14H2,1-3H3,(H,27,28)/b18-15-,25-23?. The van der Waals surface area contributed by atoms with Gasteiger partial charge in [0.1, 0.15) is 11.4 Å². The molecule has 0 unspecified atom stereocenters. The van der Waals surface area contributed by atoms with Gasteiger partial charge in [-0.2, -0.15) is 5.11 Å². The summed E-state index contributed by atoms with van der Waals surface area (Å²) in [6, 6.07) is 7.28. The van der Waals surface area contributed by atoms with Gasteiger partial charge in [-0.25, -0.2) is 10.3 Å². The predicted molar refractivity (Wildman–Crippen MR) is 116 cm³/mol. The monoisotopic (exact) mass is 432 g/mol. The summed E-state index contributed by atoms with van der Waals surface area (Å²) in [4.78, 5) is 24.6. The lowest BCUT2D eigenvalue weighted by Crippen LogP contribution is -2.41. The zero-order valence-electron chi connectivity index (χ0n) is 18.4. The maximum absolute atomic E-state index is 12.1. The zero-order valence-corrected chi connectivity index (χ0v) is 18.4. The number of hydrogen-bond donors (Lipinski definition) is 3. The summed E-state index contributed by atoms with van der Waals surface area (Å²) >= 11 is 0. The van der Waals surface area contributed by atoms with Crippen molar-refractivity contribution in [2.24, 2.45) is 11.0 Å². The van der Waals surface area contributed by atoms with E-state index in [4.69, 9.17) is 20.1 Å². The van der Waals surface area contributed by atoms with Gasteiger partial charge in [-0.15, -0.1) is 0 Å². The predicted octanol–water partition coefficient (Wildman–Crippen LogP) is 4.86. The average molecular weight is 433 g/mol. The normalized spacial score (nSPS) is 15.3. The number of hydrogen-bond acceptors (Lipinski definition) is 7. The van der Waals surface area contributed by atoms with Gasteiger partial charge < -0.3 is 24.8 Å². The van der Waals surface area contributed by atoms with Crippen LogP contribution >= 0.6 is 0 Å². The molecule has 1 aliphatic heterocycles. The molecule has 0 aromatic heterocycles. The van der Waals surface area contributed by atoms with E-state index < -0.39 is 11.6 Å². The maximum atomic E-state index is 12.1. The fraction of sp³-hybridized carbons (Fsp3) is 0.545. The summed E-state index contributed by atoms with van der Waals surface area (Å²) in [6.45, 7) is 7.64. The number of nitrogens with zero attached hydrogens (tertiary/aromatic N) is 2. The number of carboxylic acids is 1. The molecule has 0 atom stereocenters. The van der Waals surface area contributed by atoms with Crippen molar-refractivity contribution in [3.8, 4) is 5.75 Å². The van der Waals surface area contributed by atoms with Gasteiger partial charge in [0, 0.05) is 25.0 Å². The molecule has 9 heteroatoms. The summed E-state index contributed by atoms with van der Waals surface area (Å²) in [5.74, 6) is 0.228. The molecule has 31 heavy (non-hydrogen) atoms. The van der Waals surface area contributed by atoms with Crippen molar-refractivity contribution in [2.75, 3.05) is 25.0 Å². The second kappa shape index (κ2) is 11.3. The molecule has 1 amide bonds. The van der Waals surface area contributed by atoms with E-state index in [0.29, 0.717) is 25.6 Å². The lowest BCUT2D eigenvalue weighted by Gasteiger charge is -2.33. The molecule has 1 aliphatic rings. The number of anilines is 1. The van der Waals surface area contributed by atoms with Gasteiger partial charge in [0.05, 0.1) is 18.7 Å². The quantitative estimate of drug-likeness (QED) is 0.479. The van der Waals surface area contributed by atoms with Crippen LogP contribution in [0.15, 0.2) is 41.3 Å². The van der Waals surface area contributed by atoms with E-state index in [0.717, 1.165) is 30.7 Å². The van der Waals surface area contributed by atoms with E-state index in [9.17, 15) is 9.59 Å². The minimum absolute atomic E-state index is 0.130. The Hall–Kier alpha value is -3.10. The highest BCUT2D eigenvalue weighted by Crippen LogP contribution is 2.23. The van der Waals surface area contributed by atoms with E-state index >= 15 is 0 Å². The smallest absolute Gasteiger partial charge is 0.410 e. The van der Waals surface area contributed by atoms with E-state index in [1.54, 1.807) is 4.90 Å². The second-order valence-corrected chi connectivity index (χ2v) is 8.53. The first-order valence-electron chi connectivity index (χ1n) is 10.4. The van der Waals surface area contributed by atoms with Gasteiger partial charge in [-0.3, -0.25) is 4.79 Å². The number of aliphatic carboxylic acids is 1. The molecule has 1 saturated heterocycles. The second-order valence-electron chi connectivity index (χ2n) is 8.53. The van der Waals surface area contributed by atoms with Crippen molar-refractivity contribution in [2.45, 2.75) is 52.1 Å². The largest absolute Gasteiger partial charge is 0.494 e. The third kappa shape index (κ3) is 9.06.